The van der Waals surface area contributed by atoms with E-state index in [-0.39, 0.29) is 0 Å². The molecule has 0 unspecified atom stereocenters. The number of nitrogens with zero attached hydrogens (tertiary/aromatic N) is 4. The molecular formula is C13H17N5. The summed E-state index contributed by atoms with van der Waals surface area (Å²) in [6.45, 7) is 8.02. The number of aromatic nitrogens is 4. The van der Waals surface area contributed by atoms with E-state index in [1.807, 2.05) is 13.8 Å². The lowest BCUT2D eigenvalue weighted by Gasteiger charge is -2.12. The molecule has 0 radical (unpaired) electrons. The maximum atomic E-state index is 5.98. The van der Waals surface area contributed by atoms with E-state index >= 15 is 0 Å². The highest BCUT2D eigenvalue weighted by molar-refractivity contribution is 5.52. The quantitative estimate of drug-likeness (QED) is 0.875. The predicted molar refractivity (Wildman–Crippen MR) is 71.0 cm³/mol. The molecule has 0 saturated carbocycles. The third-order valence-electron chi connectivity index (χ3n) is 2.72. The van der Waals surface area contributed by atoms with Crippen LogP contribution >= 0.6 is 0 Å². The van der Waals surface area contributed by atoms with Gasteiger partial charge in [0.2, 0.25) is 0 Å². The Bertz CT molecular complexity index is 537. The van der Waals surface area contributed by atoms with Crippen LogP contribution in [0.4, 0.5) is 5.82 Å². The summed E-state index contributed by atoms with van der Waals surface area (Å²) in [4.78, 5) is 17.2. The summed E-state index contributed by atoms with van der Waals surface area (Å²) in [5.41, 5.74) is 8.86. The molecule has 0 fully saturated rings. The number of nitrogen functional groups attached to an aromatic ring is 1. The van der Waals surface area contributed by atoms with Crippen LogP contribution in [0.5, 0.6) is 0 Å². The van der Waals surface area contributed by atoms with Crippen molar-refractivity contribution >= 4 is 5.82 Å². The van der Waals surface area contributed by atoms with Gasteiger partial charge in [-0.15, -0.1) is 0 Å². The molecule has 2 heterocycles. The van der Waals surface area contributed by atoms with Gasteiger partial charge in [0.15, 0.2) is 11.6 Å². The molecule has 0 aliphatic carbocycles. The summed E-state index contributed by atoms with van der Waals surface area (Å²) in [6, 6.07) is 0. The van der Waals surface area contributed by atoms with E-state index in [0.717, 1.165) is 16.8 Å². The van der Waals surface area contributed by atoms with Crippen LogP contribution in [-0.4, -0.2) is 19.9 Å². The van der Waals surface area contributed by atoms with Crippen LogP contribution in [0.1, 0.15) is 36.6 Å². The summed E-state index contributed by atoms with van der Waals surface area (Å²) in [5.74, 6) is 1.80. The Hall–Kier alpha value is -2.04. The largest absolute Gasteiger partial charge is 0.383 e. The zero-order valence-corrected chi connectivity index (χ0v) is 11.1. The SMILES string of the molecule is Cc1cnc(-c2nc(C)c(C(C)C)c(N)n2)nc1. The van der Waals surface area contributed by atoms with Crippen LogP contribution in [0.25, 0.3) is 11.6 Å². The van der Waals surface area contributed by atoms with E-state index in [1.165, 1.54) is 0 Å². The number of rotatable bonds is 2. The minimum Gasteiger partial charge on any atom is -0.383 e. The summed E-state index contributed by atoms with van der Waals surface area (Å²) >= 11 is 0. The van der Waals surface area contributed by atoms with Gasteiger partial charge in [-0.1, -0.05) is 13.8 Å². The molecule has 5 heteroatoms. The van der Waals surface area contributed by atoms with E-state index in [2.05, 4.69) is 33.8 Å². The maximum absolute atomic E-state index is 5.98. The molecule has 0 aromatic carbocycles. The number of anilines is 1. The van der Waals surface area contributed by atoms with Crippen molar-refractivity contribution in [2.24, 2.45) is 0 Å². The maximum Gasteiger partial charge on any atom is 0.199 e. The van der Waals surface area contributed by atoms with Crippen molar-refractivity contribution in [1.82, 2.24) is 19.9 Å². The van der Waals surface area contributed by atoms with Crippen molar-refractivity contribution in [3.05, 3.63) is 29.2 Å². The van der Waals surface area contributed by atoms with Gasteiger partial charge in [0.1, 0.15) is 5.82 Å². The van der Waals surface area contributed by atoms with Crippen molar-refractivity contribution in [2.45, 2.75) is 33.6 Å². The van der Waals surface area contributed by atoms with E-state index in [1.54, 1.807) is 12.4 Å². The molecule has 2 aromatic rings. The summed E-state index contributed by atoms with van der Waals surface area (Å²) in [5, 5.41) is 0. The van der Waals surface area contributed by atoms with Gasteiger partial charge in [-0.2, -0.15) is 0 Å². The minimum absolute atomic E-state index is 0.304. The topological polar surface area (TPSA) is 77.6 Å². The second-order valence-electron chi connectivity index (χ2n) is 4.67. The molecule has 2 rings (SSSR count). The molecule has 0 atom stereocenters. The molecule has 0 saturated heterocycles. The molecule has 0 aliphatic heterocycles. The van der Waals surface area contributed by atoms with Gasteiger partial charge in [-0.3, -0.25) is 0 Å². The predicted octanol–water partition coefficient (Wildman–Crippen LogP) is 2.26. The van der Waals surface area contributed by atoms with Crippen molar-refractivity contribution < 1.29 is 0 Å². The fourth-order valence-electron chi connectivity index (χ4n) is 1.93. The Morgan fingerprint density at radius 1 is 1.00 bits per heavy atom. The molecule has 2 aromatic heterocycles. The Labute approximate surface area is 107 Å². The number of nitrogens with two attached hydrogens (primary N) is 1. The standard InChI is InChI=1S/C13H17N5/c1-7(2)10-9(4)17-13(18-11(10)14)12-15-5-8(3)6-16-12/h5-7H,1-4H3,(H2,14,17,18). The number of aryl methyl sites for hydroxylation is 2. The Kier molecular flexibility index (Phi) is 3.23. The monoisotopic (exact) mass is 243 g/mol. The van der Waals surface area contributed by atoms with Gasteiger partial charge in [-0.05, 0) is 25.3 Å². The van der Waals surface area contributed by atoms with Crippen LogP contribution < -0.4 is 5.73 Å². The lowest BCUT2D eigenvalue weighted by molar-refractivity contribution is 0.834. The van der Waals surface area contributed by atoms with Crippen LogP contribution in [0.3, 0.4) is 0 Å². The van der Waals surface area contributed by atoms with Crippen LogP contribution in [-0.2, 0) is 0 Å². The van der Waals surface area contributed by atoms with E-state index < -0.39 is 0 Å². The van der Waals surface area contributed by atoms with Crippen LogP contribution in [0.15, 0.2) is 12.4 Å². The summed E-state index contributed by atoms with van der Waals surface area (Å²) in [7, 11) is 0. The first-order valence-electron chi connectivity index (χ1n) is 5.92. The molecule has 5 nitrogen and oxygen atoms in total. The van der Waals surface area contributed by atoms with Crippen LogP contribution in [0, 0.1) is 13.8 Å². The third kappa shape index (κ3) is 2.30. The van der Waals surface area contributed by atoms with Gasteiger partial charge in [0.25, 0.3) is 0 Å². The molecule has 94 valence electrons. The van der Waals surface area contributed by atoms with Crippen molar-refractivity contribution in [3.8, 4) is 11.6 Å². The molecule has 0 aliphatic rings. The molecule has 0 spiro atoms. The molecule has 18 heavy (non-hydrogen) atoms. The van der Waals surface area contributed by atoms with Gasteiger partial charge in [0, 0.05) is 23.7 Å². The molecular weight excluding hydrogens is 226 g/mol. The molecule has 2 N–H and O–H groups in total. The van der Waals surface area contributed by atoms with Gasteiger partial charge in [0.05, 0.1) is 0 Å². The number of hydrogen-bond acceptors (Lipinski definition) is 5. The number of hydrogen-bond donors (Lipinski definition) is 1. The first-order valence-corrected chi connectivity index (χ1v) is 5.92. The van der Waals surface area contributed by atoms with Gasteiger partial charge in [-0.25, -0.2) is 19.9 Å². The fraction of sp³-hybridized carbons (Fsp3) is 0.385. The first kappa shape index (κ1) is 12.4. The summed E-state index contributed by atoms with van der Waals surface area (Å²) in [6.07, 6.45) is 3.49. The highest BCUT2D eigenvalue weighted by atomic mass is 15.0. The van der Waals surface area contributed by atoms with E-state index in [4.69, 9.17) is 5.73 Å². The second kappa shape index (κ2) is 4.68. The zero-order valence-electron chi connectivity index (χ0n) is 11.1. The van der Waals surface area contributed by atoms with E-state index in [0.29, 0.717) is 23.4 Å². The van der Waals surface area contributed by atoms with Crippen molar-refractivity contribution in [1.29, 1.82) is 0 Å². The summed E-state index contributed by atoms with van der Waals surface area (Å²) < 4.78 is 0. The van der Waals surface area contributed by atoms with Gasteiger partial charge >= 0.3 is 0 Å². The van der Waals surface area contributed by atoms with Crippen molar-refractivity contribution in [2.75, 3.05) is 5.73 Å². The third-order valence-corrected chi connectivity index (χ3v) is 2.72. The second-order valence-corrected chi connectivity index (χ2v) is 4.67. The molecule has 0 bridgehead atoms. The molecule has 0 amide bonds. The smallest absolute Gasteiger partial charge is 0.199 e. The van der Waals surface area contributed by atoms with Gasteiger partial charge < -0.3 is 5.73 Å². The highest BCUT2D eigenvalue weighted by Crippen LogP contribution is 2.24. The average Bonchev–Trinajstić information content (AvgIpc) is 2.28. The lowest BCUT2D eigenvalue weighted by Crippen LogP contribution is -2.07. The van der Waals surface area contributed by atoms with Crippen molar-refractivity contribution in [3.63, 3.8) is 0 Å². The fourth-order valence-corrected chi connectivity index (χ4v) is 1.93. The van der Waals surface area contributed by atoms with Crippen LogP contribution in [0.2, 0.25) is 0 Å². The Morgan fingerprint density at radius 3 is 2.11 bits per heavy atom. The Balaban J connectivity index is 2.51. The lowest BCUT2D eigenvalue weighted by atomic mass is 10.0. The first-order chi connectivity index (χ1) is 8.49. The minimum atomic E-state index is 0.304. The van der Waals surface area contributed by atoms with E-state index in [9.17, 15) is 0 Å². The average molecular weight is 243 g/mol. The zero-order chi connectivity index (χ0) is 13.3. The highest BCUT2D eigenvalue weighted by Gasteiger charge is 2.14. The Morgan fingerprint density at radius 2 is 1.61 bits per heavy atom. The normalized spacial score (nSPS) is 10.9.